The van der Waals surface area contributed by atoms with E-state index in [-0.39, 0.29) is 0 Å². The Morgan fingerprint density at radius 3 is 2.93 bits per heavy atom. The molecule has 0 amide bonds. The molecule has 1 fully saturated rings. The molecule has 4 heteroatoms. The molecule has 0 spiro atoms. The van der Waals surface area contributed by atoms with Gasteiger partial charge in [-0.05, 0) is 33.5 Å². The average Bonchev–Trinajstić information content (AvgIpc) is 2.17. The van der Waals surface area contributed by atoms with Gasteiger partial charge >= 0.3 is 0 Å². The number of hydrogen-bond acceptors (Lipinski definition) is 3. The van der Waals surface area contributed by atoms with E-state index in [0.29, 0.717) is 18.5 Å². The number of piperidine rings is 1. The molecule has 14 heavy (non-hydrogen) atoms. The molecule has 0 aromatic carbocycles. The summed E-state index contributed by atoms with van der Waals surface area (Å²) in [4.78, 5) is 4.57. The Labute approximate surface area is 91.6 Å². The topological polar surface area (TPSA) is 26.7 Å². The van der Waals surface area contributed by atoms with Crippen LogP contribution in [0.25, 0.3) is 0 Å². The molecule has 2 unspecified atom stereocenters. The Balaban J connectivity index is 2.31. The van der Waals surface area contributed by atoms with Gasteiger partial charge in [0.25, 0.3) is 0 Å². The predicted molar refractivity (Wildman–Crippen MR) is 59.9 cm³/mol. The molecular formula is C10H21ClN2O. The highest BCUT2D eigenvalue weighted by Gasteiger charge is 2.22. The van der Waals surface area contributed by atoms with Gasteiger partial charge in [0.15, 0.2) is 0 Å². The van der Waals surface area contributed by atoms with E-state index in [4.69, 9.17) is 11.6 Å². The number of hydrogen-bond donors (Lipinski definition) is 1. The van der Waals surface area contributed by atoms with Crippen molar-refractivity contribution in [1.29, 1.82) is 0 Å². The summed E-state index contributed by atoms with van der Waals surface area (Å²) in [5.74, 6) is 0.326. The summed E-state index contributed by atoms with van der Waals surface area (Å²) >= 11 is 5.58. The SMILES string of the molecule is CN1CCCC(N(C)CC(O)CCl)C1. The molecule has 84 valence electrons. The number of alkyl halides is 1. The Kier molecular flexibility index (Phi) is 5.17. The standard InChI is InChI=1S/C10H21ClN2O/c1-12-5-3-4-9(7-12)13(2)8-10(14)6-11/h9-10,14H,3-8H2,1-2H3. The lowest BCUT2D eigenvalue weighted by atomic mass is 10.0. The molecule has 0 aliphatic carbocycles. The Bertz CT molecular complexity index is 168. The van der Waals surface area contributed by atoms with Crippen molar-refractivity contribution in [1.82, 2.24) is 9.80 Å². The van der Waals surface area contributed by atoms with E-state index in [9.17, 15) is 5.11 Å². The van der Waals surface area contributed by atoms with Gasteiger partial charge in [0.2, 0.25) is 0 Å². The molecular weight excluding hydrogens is 200 g/mol. The van der Waals surface area contributed by atoms with Crippen molar-refractivity contribution in [2.24, 2.45) is 0 Å². The summed E-state index contributed by atoms with van der Waals surface area (Å²) in [5.41, 5.74) is 0. The van der Waals surface area contributed by atoms with Gasteiger partial charge in [0.1, 0.15) is 0 Å². The minimum atomic E-state index is -0.395. The minimum Gasteiger partial charge on any atom is -0.391 e. The van der Waals surface area contributed by atoms with Crippen molar-refractivity contribution in [2.45, 2.75) is 25.0 Å². The van der Waals surface area contributed by atoms with E-state index in [1.54, 1.807) is 0 Å². The lowest BCUT2D eigenvalue weighted by Gasteiger charge is -2.36. The Morgan fingerprint density at radius 2 is 2.36 bits per heavy atom. The fourth-order valence-electron chi connectivity index (χ4n) is 2.03. The van der Waals surface area contributed by atoms with Crippen molar-refractivity contribution in [3.63, 3.8) is 0 Å². The molecule has 0 aromatic rings. The molecule has 1 N–H and O–H groups in total. The third kappa shape index (κ3) is 3.73. The van der Waals surface area contributed by atoms with Gasteiger partial charge in [-0.25, -0.2) is 0 Å². The largest absolute Gasteiger partial charge is 0.391 e. The van der Waals surface area contributed by atoms with Gasteiger partial charge in [-0.3, -0.25) is 4.90 Å². The first kappa shape index (κ1) is 12.2. The minimum absolute atomic E-state index is 0.326. The third-order valence-electron chi connectivity index (χ3n) is 2.90. The second kappa shape index (κ2) is 5.91. The highest BCUT2D eigenvalue weighted by atomic mass is 35.5. The van der Waals surface area contributed by atoms with Crippen LogP contribution < -0.4 is 0 Å². The van der Waals surface area contributed by atoms with Crippen molar-refractivity contribution >= 4 is 11.6 Å². The summed E-state index contributed by atoms with van der Waals surface area (Å²) in [7, 11) is 4.22. The molecule has 0 saturated carbocycles. The summed E-state index contributed by atoms with van der Waals surface area (Å²) in [6, 6.07) is 0.576. The normalized spacial score (nSPS) is 26.8. The lowest BCUT2D eigenvalue weighted by Crippen LogP contribution is -2.47. The van der Waals surface area contributed by atoms with E-state index in [0.717, 1.165) is 6.54 Å². The van der Waals surface area contributed by atoms with Crippen LogP contribution in [0.4, 0.5) is 0 Å². The zero-order valence-electron chi connectivity index (χ0n) is 9.12. The van der Waals surface area contributed by atoms with Gasteiger partial charge in [-0.1, -0.05) is 0 Å². The summed E-state index contributed by atoms with van der Waals surface area (Å²) in [6.45, 7) is 2.98. The first-order valence-corrected chi connectivity index (χ1v) is 5.79. The summed E-state index contributed by atoms with van der Waals surface area (Å²) in [5, 5.41) is 9.44. The average molecular weight is 221 g/mol. The van der Waals surface area contributed by atoms with Crippen LogP contribution >= 0.6 is 11.6 Å². The third-order valence-corrected chi connectivity index (χ3v) is 3.26. The zero-order chi connectivity index (χ0) is 10.6. The Hall–Kier alpha value is 0.170. The van der Waals surface area contributed by atoms with Crippen molar-refractivity contribution in [3.8, 4) is 0 Å². The van der Waals surface area contributed by atoms with E-state index >= 15 is 0 Å². The smallest absolute Gasteiger partial charge is 0.0802 e. The summed E-state index contributed by atoms with van der Waals surface area (Å²) in [6.07, 6.45) is 2.09. The first-order valence-electron chi connectivity index (χ1n) is 5.26. The molecule has 0 aromatic heterocycles. The highest BCUT2D eigenvalue weighted by Crippen LogP contribution is 2.13. The molecule has 1 heterocycles. The lowest BCUT2D eigenvalue weighted by molar-refractivity contribution is 0.0840. The van der Waals surface area contributed by atoms with Crippen molar-refractivity contribution < 1.29 is 5.11 Å². The number of rotatable bonds is 4. The first-order chi connectivity index (χ1) is 6.63. The van der Waals surface area contributed by atoms with Crippen LogP contribution in [0, 0.1) is 0 Å². The number of nitrogens with zero attached hydrogens (tertiary/aromatic N) is 2. The molecule has 1 aliphatic heterocycles. The van der Waals surface area contributed by atoms with Gasteiger partial charge in [-0.2, -0.15) is 0 Å². The maximum atomic E-state index is 9.44. The highest BCUT2D eigenvalue weighted by molar-refractivity contribution is 6.18. The molecule has 0 bridgehead atoms. The molecule has 1 aliphatic rings. The monoisotopic (exact) mass is 220 g/mol. The van der Waals surface area contributed by atoms with Crippen LogP contribution in [0.15, 0.2) is 0 Å². The van der Waals surface area contributed by atoms with Crippen LogP contribution in [0.5, 0.6) is 0 Å². The summed E-state index contributed by atoms with van der Waals surface area (Å²) < 4.78 is 0. The molecule has 0 radical (unpaired) electrons. The van der Waals surface area contributed by atoms with Gasteiger partial charge in [0.05, 0.1) is 6.10 Å². The molecule has 1 rings (SSSR count). The molecule has 2 atom stereocenters. The van der Waals surface area contributed by atoms with Crippen LogP contribution in [0.3, 0.4) is 0 Å². The van der Waals surface area contributed by atoms with E-state index in [1.807, 2.05) is 0 Å². The van der Waals surface area contributed by atoms with E-state index < -0.39 is 6.10 Å². The van der Waals surface area contributed by atoms with Crippen molar-refractivity contribution in [3.05, 3.63) is 0 Å². The number of likely N-dealkylation sites (tertiary alicyclic amines) is 1. The van der Waals surface area contributed by atoms with Crippen LogP contribution in [-0.4, -0.2) is 66.7 Å². The van der Waals surface area contributed by atoms with E-state index in [2.05, 4.69) is 23.9 Å². The van der Waals surface area contributed by atoms with Gasteiger partial charge < -0.3 is 10.0 Å². The maximum absolute atomic E-state index is 9.44. The van der Waals surface area contributed by atoms with Crippen LogP contribution in [-0.2, 0) is 0 Å². The van der Waals surface area contributed by atoms with Crippen LogP contribution in [0.2, 0.25) is 0 Å². The van der Waals surface area contributed by atoms with Gasteiger partial charge in [-0.15, -0.1) is 11.6 Å². The van der Waals surface area contributed by atoms with Gasteiger partial charge in [0, 0.05) is 25.0 Å². The zero-order valence-corrected chi connectivity index (χ0v) is 9.87. The second-order valence-corrected chi connectivity index (χ2v) is 4.61. The van der Waals surface area contributed by atoms with Crippen LogP contribution in [0.1, 0.15) is 12.8 Å². The molecule has 1 saturated heterocycles. The number of aliphatic hydroxyl groups is 1. The Morgan fingerprint density at radius 1 is 1.64 bits per heavy atom. The molecule has 3 nitrogen and oxygen atoms in total. The quantitative estimate of drug-likeness (QED) is 0.704. The maximum Gasteiger partial charge on any atom is 0.0802 e. The fourth-order valence-corrected chi connectivity index (χ4v) is 2.13. The fraction of sp³-hybridized carbons (Fsp3) is 1.00. The second-order valence-electron chi connectivity index (χ2n) is 4.31. The predicted octanol–water partition coefficient (Wildman–Crippen LogP) is 0.612. The number of aliphatic hydroxyl groups excluding tert-OH is 1. The number of likely N-dealkylation sites (N-methyl/N-ethyl adjacent to an activating group) is 2. The number of halogens is 1. The van der Waals surface area contributed by atoms with Crippen molar-refractivity contribution in [2.75, 3.05) is 39.6 Å². The van der Waals surface area contributed by atoms with E-state index in [1.165, 1.54) is 19.4 Å².